The molecule has 4 rings (SSSR count). The number of hydrogen-bond donors (Lipinski definition) is 1. The molecule has 3 aromatic rings. The van der Waals surface area contributed by atoms with Crippen molar-refractivity contribution in [2.75, 3.05) is 13.2 Å². The van der Waals surface area contributed by atoms with Crippen LogP contribution in [0.25, 0.3) is 0 Å². The Morgan fingerprint density at radius 1 is 1.06 bits per heavy atom. The molecule has 176 valence electrons. The molecular formula is C28H28ClNO4. The van der Waals surface area contributed by atoms with E-state index in [1.54, 1.807) is 18.2 Å². The van der Waals surface area contributed by atoms with Crippen molar-refractivity contribution in [3.63, 3.8) is 0 Å². The fraction of sp³-hybridized carbons (Fsp3) is 0.286. The van der Waals surface area contributed by atoms with Gasteiger partial charge in [-0.25, -0.2) is 4.79 Å². The molecule has 1 unspecified atom stereocenters. The maximum Gasteiger partial charge on any atom is 0.341 e. The Balaban J connectivity index is 1.62. The standard InChI is InChI=1S/C28H28ClNO4/c1-19-6-4-7-20(16-19)8-5-11-26(31)30-15-14-21-9-2-3-10-23(21)28(30)24-17-22(29)12-13-25(24)34-18-27(32)33/h2-4,6-7,9-10,12-13,16-17,28H,5,8,11,14-15,18H2,1H3,(H,32,33). The highest BCUT2D eigenvalue weighted by molar-refractivity contribution is 6.30. The number of aliphatic carboxylic acids is 1. The van der Waals surface area contributed by atoms with Crippen molar-refractivity contribution in [2.45, 2.75) is 38.6 Å². The lowest BCUT2D eigenvalue weighted by atomic mass is 9.87. The monoisotopic (exact) mass is 477 g/mol. The number of nitrogens with zero attached hydrogens (tertiary/aromatic N) is 1. The predicted molar refractivity (Wildman–Crippen MR) is 132 cm³/mol. The lowest BCUT2D eigenvalue weighted by Gasteiger charge is -2.38. The van der Waals surface area contributed by atoms with Gasteiger partial charge in [0.2, 0.25) is 5.91 Å². The van der Waals surface area contributed by atoms with Crippen LogP contribution in [0.5, 0.6) is 5.75 Å². The molecule has 1 heterocycles. The van der Waals surface area contributed by atoms with Crippen LogP contribution in [0, 0.1) is 6.92 Å². The van der Waals surface area contributed by atoms with Gasteiger partial charge in [-0.15, -0.1) is 0 Å². The Kier molecular flexibility index (Phi) is 7.53. The van der Waals surface area contributed by atoms with Crippen molar-refractivity contribution in [3.8, 4) is 5.75 Å². The van der Waals surface area contributed by atoms with E-state index in [-0.39, 0.29) is 11.9 Å². The molecule has 1 N–H and O–H groups in total. The van der Waals surface area contributed by atoms with E-state index in [1.165, 1.54) is 16.7 Å². The molecular weight excluding hydrogens is 450 g/mol. The Morgan fingerprint density at radius 3 is 2.68 bits per heavy atom. The van der Waals surface area contributed by atoms with E-state index in [1.807, 2.05) is 29.2 Å². The van der Waals surface area contributed by atoms with E-state index < -0.39 is 12.6 Å². The number of carboxylic acid groups (broad SMARTS) is 1. The molecule has 0 aromatic heterocycles. The minimum absolute atomic E-state index is 0.0660. The SMILES string of the molecule is Cc1cccc(CCCC(=O)N2CCc3ccccc3C2c2cc(Cl)ccc2OCC(=O)O)c1. The summed E-state index contributed by atoms with van der Waals surface area (Å²) in [5.41, 5.74) is 5.33. The van der Waals surface area contributed by atoms with Gasteiger partial charge in [-0.05, 0) is 61.1 Å². The first-order valence-corrected chi connectivity index (χ1v) is 11.9. The molecule has 34 heavy (non-hydrogen) atoms. The predicted octanol–water partition coefficient (Wildman–Crippen LogP) is 5.61. The number of fused-ring (bicyclic) bond motifs is 1. The van der Waals surface area contributed by atoms with Gasteiger partial charge in [-0.3, -0.25) is 4.79 Å². The first-order valence-electron chi connectivity index (χ1n) is 11.5. The zero-order valence-corrected chi connectivity index (χ0v) is 19.9. The van der Waals surface area contributed by atoms with Crippen LogP contribution in [0.2, 0.25) is 5.02 Å². The van der Waals surface area contributed by atoms with Crippen LogP contribution in [0.15, 0.2) is 66.7 Å². The fourth-order valence-electron chi connectivity index (χ4n) is 4.63. The largest absolute Gasteiger partial charge is 0.482 e. The Bertz CT molecular complexity index is 1190. The number of hydrogen-bond acceptors (Lipinski definition) is 3. The van der Waals surface area contributed by atoms with E-state index in [0.717, 1.165) is 24.8 Å². The second kappa shape index (κ2) is 10.7. The number of carbonyl (C=O) groups excluding carboxylic acids is 1. The van der Waals surface area contributed by atoms with E-state index in [9.17, 15) is 9.59 Å². The number of carbonyl (C=O) groups is 2. The van der Waals surface area contributed by atoms with Crippen molar-refractivity contribution in [1.29, 1.82) is 0 Å². The Hall–Kier alpha value is -3.31. The summed E-state index contributed by atoms with van der Waals surface area (Å²) in [5.74, 6) is -0.573. The summed E-state index contributed by atoms with van der Waals surface area (Å²) in [6.45, 7) is 2.18. The molecule has 6 heteroatoms. The summed E-state index contributed by atoms with van der Waals surface area (Å²) in [4.78, 5) is 26.5. The van der Waals surface area contributed by atoms with Crippen molar-refractivity contribution in [1.82, 2.24) is 4.90 Å². The fourth-order valence-corrected chi connectivity index (χ4v) is 4.81. The average Bonchev–Trinajstić information content (AvgIpc) is 2.82. The molecule has 1 aliphatic heterocycles. The maximum atomic E-state index is 13.5. The van der Waals surface area contributed by atoms with Gasteiger partial charge < -0.3 is 14.7 Å². The molecule has 0 bridgehead atoms. The van der Waals surface area contributed by atoms with Crippen molar-refractivity contribution < 1.29 is 19.4 Å². The molecule has 0 saturated heterocycles. The van der Waals surface area contributed by atoms with Crippen molar-refractivity contribution in [3.05, 3.63) is 99.6 Å². The smallest absolute Gasteiger partial charge is 0.341 e. The molecule has 0 radical (unpaired) electrons. The van der Waals surface area contributed by atoms with Crippen LogP contribution in [-0.4, -0.2) is 35.0 Å². The van der Waals surface area contributed by atoms with E-state index in [0.29, 0.717) is 29.3 Å². The third-order valence-electron chi connectivity index (χ3n) is 6.16. The first-order chi connectivity index (χ1) is 16.4. The van der Waals surface area contributed by atoms with Crippen LogP contribution in [-0.2, 0) is 22.4 Å². The second-order valence-corrected chi connectivity index (χ2v) is 9.08. The topological polar surface area (TPSA) is 66.8 Å². The van der Waals surface area contributed by atoms with E-state index in [4.69, 9.17) is 21.4 Å². The molecule has 0 fully saturated rings. The number of rotatable bonds is 8. The summed E-state index contributed by atoms with van der Waals surface area (Å²) in [7, 11) is 0. The number of carboxylic acids is 1. The van der Waals surface area contributed by atoms with Crippen molar-refractivity contribution >= 4 is 23.5 Å². The van der Waals surface area contributed by atoms with Crippen molar-refractivity contribution in [2.24, 2.45) is 0 Å². The van der Waals surface area contributed by atoms with Crippen LogP contribution < -0.4 is 4.74 Å². The molecule has 1 aliphatic rings. The lowest BCUT2D eigenvalue weighted by Crippen LogP contribution is -2.40. The third-order valence-corrected chi connectivity index (χ3v) is 6.39. The summed E-state index contributed by atoms with van der Waals surface area (Å²) >= 11 is 6.34. The van der Waals surface area contributed by atoms with Gasteiger partial charge in [0.25, 0.3) is 0 Å². The Labute approximate surface area is 204 Å². The summed E-state index contributed by atoms with van der Waals surface area (Å²) in [6.07, 6.45) is 2.79. The number of benzene rings is 3. The van der Waals surface area contributed by atoms with Crippen LogP contribution in [0.4, 0.5) is 0 Å². The second-order valence-electron chi connectivity index (χ2n) is 8.65. The van der Waals surface area contributed by atoms with Gasteiger partial charge in [0.15, 0.2) is 6.61 Å². The van der Waals surface area contributed by atoms with Gasteiger partial charge in [-0.1, -0.05) is 65.7 Å². The zero-order chi connectivity index (χ0) is 24.1. The number of ether oxygens (including phenoxy) is 1. The molecule has 0 spiro atoms. The molecule has 5 nitrogen and oxygen atoms in total. The highest BCUT2D eigenvalue weighted by Gasteiger charge is 2.33. The van der Waals surface area contributed by atoms with Gasteiger partial charge in [0.05, 0.1) is 6.04 Å². The lowest BCUT2D eigenvalue weighted by molar-refractivity contribution is -0.139. The summed E-state index contributed by atoms with van der Waals surface area (Å²) in [6, 6.07) is 21.1. The third kappa shape index (κ3) is 5.60. The highest BCUT2D eigenvalue weighted by atomic mass is 35.5. The van der Waals surface area contributed by atoms with Gasteiger partial charge in [0, 0.05) is 23.6 Å². The summed E-state index contributed by atoms with van der Waals surface area (Å²) < 4.78 is 5.60. The minimum Gasteiger partial charge on any atom is -0.482 e. The highest BCUT2D eigenvalue weighted by Crippen LogP contribution is 2.40. The molecule has 1 amide bonds. The van der Waals surface area contributed by atoms with Gasteiger partial charge in [0.1, 0.15) is 5.75 Å². The number of halogens is 1. The maximum absolute atomic E-state index is 13.5. The van der Waals surface area contributed by atoms with E-state index >= 15 is 0 Å². The minimum atomic E-state index is -1.06. The Morgan fingerprint density at radius 2 is 1.88 bits per heavy atom. The van der Waals surface area contributed by atoms with Crippen LogP contribution >= 0.6 is 11.6 Å². The number of amides is 1. The quantitative estimate of drug-likeness (QED) is 0.458. The average molecular weight is 478 g/mol. The van der Waals surface area contributed by atoms with Crippen LogP contribution in [0.3, 0.4) is 0 Å². The number of aryl methyl sites for hydroxylation is 2. The normalized spacial score (nSPS) is 15.0. The molecule has 0 aliphatic carbocycles. The summed E-state index contributed by atoms with van der Waals surface area (Å²) in [5, 5.41) is 9.63. The van der Waals surface area contributed by atoms with E-state index in [2.05, 4.69) is 31.2 Å². The van der Waals surface area contributed by atoms with Crippen LogP contribution in [0.1, 0.15) is 46.7 Å². The molecule has 1 atom stereocenters. The van der Waals surface area contributed by atoms with Gasteiger partial charge in [-0.2, -0.15) is 0 Å². The molecule has 0 saturated carbocycles. The first kappa shape index (κ1) is 23.8. The van der Waals surface area contributed by atoms with Gasteiger partial charge >= 0.3 is 5.97 Å². The zero-order valence-electron chi connectivity index (χ0n) is 19.2. The molecule has 3 aromatic carbocycles.